The number of benzene rings is 3. The highest BCUT2D eigenvalue weighted by molar-refractivity contribution is 6.33. The SMILES string of the molecule is O=C(OCCC1(c2ccccc2)C(=O)c2ccccc2C1=O)c1ccc([N+](=O)[O-])cc1. The van der Waals surface area contributed by atoms with Crippen LogP contribution in [-0.4, -0.2) is 29.1 Å². The van der Waals surface area contributed by atoms with Crippen LogP contribution in [0.2, 0.25) is 0 Å². The lowest BCUT2D eigenvalue weighted by molar-refractivity contribution is -0.384. The number of esters is 1. The van der Waals surface area contributed by atoms with E-state index in [1.54, 1.807) is 54.6 Å². The van der Waals surface area contributed by atoms with E-state index < -0.39 is 16.3 Å². The molecule has 7 nitrogen and oxygen atoms in total. The van der Waals surface area contributed by atoms with Crippen molar-refractivity contribution in [1.29, 1.82) is 0 Å². The molecular formula is C24H17NO6. The second kappa shape index (κ2) is 7.95. The topological polar surface area (TPSA) is 104 Å². The minimum Gasteiger partial charge on any atom is -0.462 e. The van der Waals surface area contributed by atoms with Gasteiger partial charge in [-0.25, -0.2) is 4.79 Å². The minimum absolute atomic E-state index is 0.0118. The molecule has 0 aliphatic heterocycles. The van der Waals surface area contributed by atoms with Crippen molar-refractivity contribution in [2.45, 2.75) is 11.8 Å². The maximum absolute atomic E-state index is 13.4. The number of Topliss-reactive ketones (excluding diaryl/α,β-unsaturated/α-hetero) is 2. The molecule has 0 atom stereocenters. The van der Waals surface area contributed by atoms with E-state index in [1.807, 2.05) is 0 Å². The van der Waals surface area contributed by atoms with Gasteiger partial charge in [0.15, 0.2) is 11.6 Å². The first-order chi connectivity index (χ1) is 14.9. The Kier molecular flexibility index (Phi) is 5.17. The van der Waals surface area contributed by atoms with Gasteiger partial charge in [-0.05, 0) is 17.7 Å². The Bertz CT molecular complexity index is 1150. The van der Waals surface area contributed by atoms with Gasteiger partial charge >= 0.3 is 5.97 Å². The smallest absolute Gasteiger partial charge is 0.338 e. The van der Waals surface area contributed by atoms with Crippen LogP contribution in [0.3, 0.4) is 0 Å². The summed E-state index contributed by atoms with van der Waals surface area (Å²) in [5.41, 5.74) is -0.185. The predicted octanol–water partition coefficient (Wildman–Crippen LogP) is 4.16. The monoisotopic (exact) mass is 415 g/mol. The van der Waals surface area contributed by atoms with E-state index in [0.29, 0.717) is 16.7 Å². The summed E-state index contributed by atoms with van der Waals surface area (Å²) in [6, 6.07) is 20.4. The zero-order chi connectivity index (χ0) is 22.0. The van der Waals surface area contributed by atoms with Gasteiger partial charge in [0.05, 0.1) is 17.1 Å². The highest BCUT2D eigenvalue weighted by atomic mass is 16.6. The Morgan fingerprint density at radius 3 is 1.94 bits per heavy atom. The Hall–Kier alpha value is -4.13. The fraction of sp³-hybridized carbons (Fsp3) is 0.125. The summed E-state index contributed by atoms with van der Waals surface area (Å²) in [5.74, 6) is -1.31. The van der Waals surface area contributed by atoms with Gasteiger partial charge < -0.3 is 4.74 Å². The average molecular weight is 415 g/mol. The molecule has 0 saturated heterocycles. The number of hydrogen-bond donors (Lipinski definition) is 0. The molecule has 0 unspecified atom stereocenters. The summed E-state index contributed by atoms with van der Waals surface area (Å²) in [4.78, 5) is 49.3. The molecule has 0 aromatic heterocycles. The van der Waals surface area contributed by atoms with E-state index in [0.717, 1.165) is 0 Å². The summed E-state index contributed by atoms with van der Waals surface area (Å²) < 4.78 is 5.32. The van der Waals surface area contributed by atoms with Gasteiger partial charge in [0.1, 0.15) is 5.41 Å². The van der Waals surface area contributed by atoms with Crippen LogP contribution in [0, 0.1) is 10.1 Å². The Balaban J connectivity index is 1.58. The third kappa shape index (κ3) is 3.40. The molecule has 0 radical (unpaired) electrons. The first-order valence-electron chi connectivity index (χ1n) is 9.61. The first-order valence-corrected chi connectivity index (χ1v) is 9.61. The van der Waals surface area contributed by atoms with Crippen LogP contribution in [-0.2, 0) is 10.2 Å². The Morgan fingerprint density at radius 1 is 0.839 bits per heavy atom. The van der Waals surface area contributed by atoms with Crippen molar-refractivity contribution in [3.63, 3.8) is 0 Å². The normalized spacial score (nSPS) is 14.2. The molecule has 0 spiro atoms. The zero-order valence-electron chi connectivity index (χ0n) is 16.3. The van der Waals surface area contributed by atoms with E-state index in [1.165, 1.54) is 24.3 Å². The third-order valence-corrected chi connectivity index (χ3v) is 5.48. The average Bonchev–Trinajstić information content (AvgIpc) is 3.02. The van der Waals surface area contributed by atoms with E-state index in [4.69, 9.17) is 4.74 Å². The molecule has 0 heterocycles. The Morgan fingerprint density at radius 2 is 1.39 bits per heavy atom. The van der Waals surface area contributed by atoms with Crippen LogP contribution in [0.1, 0.15) is 43.1 Å². The lowest BCUT2D eigenvalue weighted by Gasteiger charge is -2.26. The number of nitro groups is 1. The lowest BCUT2D eigenvalue weighted by atomic mass is 9.73. The number of carbonyl (C=O) groups is 3. The maximum atomic E-state index is 13.4. The number of fused-ring (bicyclic) bond motifs is 1. The van der Waals surface area contributed by atoms with E-state index in [2.05, 4.69) is 0 Å². The molecule has 0 amide bonds. The van der Waals surface area contributed by atoms with Crippen LogP contribution in [0.15, 0.2) is 78.9 Å². The summed E-state index contributed by atoms with van der Waals surface area (Å²) >= 11 is 0. The number of ketones is 2. The molecule has 7 heteroatoms. The number of ether oxygens (including phenoxy) is 1. The highest BCUT2D eigenvalue weighted by Crippen LogP contribution is 2.42. The number of non-ortho nitro benzene ring substituents is 1. The van der Waals surface area contributed by atoms with Gasteiger partial charge in [-0.3, -0.25) is 19.7 Å². The quantitative estimate of drug-likeness (QED) is 0.259. The summed E-state index contributed by atoms with van der Waals surface area (Å²) in [5, 5.41) is 10.8. The molecule has 4 rings (SSSR count). The summed E-state index contributed by atoms with van der Waals surface area (Å²) in [6.45, 7) is -0.170. The second-order valence-electron chi connectivity index (χ2n) is 7.17. The fourth-order valence-corrected chi connectivity index (χ4v) is 3.90. The zero-order valence-corrected chi connectivity index (χ0v) is 16.3. The van der Waals surface area contributed by atoms with Crippen molar-refractivity contribution in [1.82, 2.24) is 0 Å². The maximum Gasteiger partial charge on any atom is 0.338 e. The summed E-state index contributed by atoms with van der Waals surface area (Å²) in [7, 11) is 0. The van der Waals surface area contributed by atoms with Gasteiger partial charge in [0.2, 0.25) is 0 Å². The molecule has 3 aromatic carbocycles. The van der Waals surface area contributed by atoms with Crippen molar-refractivity contribution >= 4 is 23.2 Å². The highest BCUT2D eigenvalue weighted by Gasteiger charge is 2.53. The van der Waals surface area contributed by atoms with Crippen LogP contribution in [0.25, 0.3) is 0 Å². The Labute approximate surface area is 177 Å². The van der Waals surface area contributed by atoms with Crippen molar-refractivity contribution in [2.75, 3.05) is 6.61 Å². The van der Waals surface area contributed by atoms with Gasteiger partial charge in [-0.2, -0.15) is 0 Å². The summed E-state index contributed by atoms with van der Waals surface area (Å²) in [6.07, 6.45) is -0.0118. The number of nitrogens with zero attached hydrogens (tertiary/aromatic N) is 1. The number of rotatable bonds is 6. The molecule has 3 aromatic rings. The molecule has 1 aliphatic rings. The number of hydrogen-bond acceptors (Lipinski definition) is 6. The lowest BCUT2D eigenvalue weighted by Crippen LogP contribution is -2.39. The largest absolute Gasteiger partial charge is 0.462 e. The fourth-order valence-electron chi connectivity index (χ4n) is 3.90. The van der Waals surface area contributed by atoms with E-state index >= 15 is 0 Å². The molecule has 0 saturated carbocycles. The molecule has 0 fully saturated rings. The van der Waals surface area contributed by atoms with Gasteiger partial charge in [-0.1, -0.05) is 54.6 Å². The van der Waals surface area contributed by atoms with Gasteiger partial charge in [0, 0.05) is 29.7 Å². The van der Waals surface area contributed by atoms with E-state index in [9.17, 15) is 24.5 Å². The molecule has 31 heavy (non-hydrogen) atoms. The standard InChI is InChI=1S/C24H17NO6/c26-21-19-8-4-5-9-20(19)22(27)24(21,17-6-2-1-3-7-17)14-15-31-23(28)16-10-12-18(13-11-16)25(29)30/h1-13H,14-15H2. The van der Waals surface area contributed by atoms with Crippen LogP contribution in [0.5, 0.6) is 0 Å². The van der Waals surface area contributed by atoms with E-state index in [-0.39, 0.29) is 35.8 Å². The van der Waals surface area contributed by atoms with Gasteiger partial charge in [-0.15, -0.1) is 0 Å². The number of nitro benzene ring substituents is 1. The third-order valence-electron chi connectivity index (χ3n) is 5.48. The molecular weight excluding hydrogens is 398 g/mol. The second-order valence-corrected chi connectivity index (χ2v) is 7.17. The van der Waals surface area contributed by atoms with Crippen molar-refractivity contribution in [3.05, 3.63) is 111 Å². The first kappa shape index (κ1) is 20.2. The van der Waals surface area contributed by atoms with Gasteiger partial charge in [0.25, 0.3) is 5.69 Å². The number of carbonyl (C=O) groups excluding carboxylic acids is 3. The van der Waals surface area contributed by atoms with Crippen LogP contribution >= 0.6 is 0 Å². The minimum atomic E-state index is -1.46. The van der Waals surface area contributed by atoms with Crippen LogP contribution < -0.4 is 0 Å². The predicted molar refractivity (Wildman–Crippen MR) is 111 cm³/mol. The molecule has 1 aliphatic carbocycles. The van der Waals surface area contributed by atoms with Crippen molar-refractivity contribution in [2.24, 2.45) is 0 Å². The van der Waals surface area contributed by atoms with Crippen LogP contribution in [0.4, 0.5) is 5.69 Å². The van der Waals surface area contributed by atoms with Crippen molar-refractivity contribution < 1.29 is 24.0 Å². The molecule has 0 N–H and O–H groups in total. The van der Waals surface area contributed by atoms with Crippen molar-refractivity contribution in [3.8, 4) is 0 Å². The molecule has 0 bridgehead atoms. The molecule has 154 valence electrons.